The zero-order valence-corrected chi connectivity index (χ0v) is 56.3. The maximum absolute atomic E-state index is 13.6. The molecule has 83 heavy (non-hydrogen) atoms. The highest BCUT2D eigenvalue weighted by Crippen LogP contribution is 2.38. The van der Waals surface area contributed by atoms with Crippen LogP contribution in [0.4, 0.5) is 0 Å². The van der Waals surface area contributed by atoms with Gasteiger partial charge in [-0.05, 0) is 102 Å². The molecule has 1 amide bonds. The first-order valence-corrected chi connectivity index (χ1v) is 36.7. The zero-order valence-electron chi connectivity index (χ0n) is 55.4. The van der Waals surface area contributed by atoms with Gasteiger partial charge >= 0.3 is 5.97 Å². The number of ether oxygens (including phenoxy) is 1. The summed E-state index contributed by atoms with van der Waals surface area (Å²) in [5, 5.41) is 3.02. The van der Waals surface area contributed by atoms with Gasteiger partial charge < -0.3 is 28.5 Å². The van der Waals surface area contributed by atoms with Crippen LogP contribution in [0.25, 0.3) is 0 Å². The molecule has 0 radical (unpaired) electrons. The molecule has 0 aromatic rings. The van der Waals surface area contributed by atoms with Gasteiger partial charge in [-0.2, -0.15) is 0 Å². The number of likely N-dealkylation sites (N-methyl/N-ethyl adjacent to an activating group) is 1. The second-order valence-corrected chi connectivity index (χ2v) is 26.4. The molecule has 0 aliphatic rings. The Labute approximate surface area is 514 Å². The Bertz CT molecular complexity index is 1650. The van der Waals surface area contributed by atoms with Crippen LogP contribution < -0.4 is 10.2 Å². The molecule has 0 fully saturated rings. The van der Waals surface area contributed by atoms with E-state index in [4.69, 9.17) is 13.8 Å². The van der Waals surface area contributed by atoms with Crippen LogP contribution in [0.3, 0.4) is 0 Å². The molecule has 3 atom stereocenters. The fourth-order valence-corrected chi connectivity index (χ4v) is 10.9. The van der Waals surface area contributed by atoms with Gasteiger partial charge in [0.1, 0.15) is 19.3 Å². The van der Waals surface area contributed by atoms with E-state index in [-0.39, 0.29) is 31.3 Å². The van der Waals surface area contributed by atoms with Crippen molar-refractivity contribution in [2.24, 2.45) is 0 Å². The molecule has 10 heteroatoms. The maximum atomic E-state index is 13.6. The largest absolute Gasteiger partial charge is 0.756 e. The average Bonchev–Trinajstić information content (AvgIpc) is 3.47. The molecule has 0 heterocycles. The minimum absolute atomic E-state index is 0.0298. The molecule has 0 rings (SSSR count). The number of hydrogen-bond acceptors (Lipinski definition) is 7. The number of quaternary nitrogens is 1. The van der Waals surface area contributed by atoms with E-state index in [1.54, 1.807) is 0 Å². The predicted molar refractivity (Wildman–Crippen MR) is 358 cm³/mol. The number of carbonyl (C=O) groups is 2. The van der Waals surface area contributed by atoms with Gasteiger partial charge in [0.25, 0.3) is 7.82 Å². The van der Waals surface area contributed by atoms with Crippen molar-refractivity contribution in [2.75, 3.05) is 40.9 Å². The Balaban J connectivity index is 5.14. The standard InChI is InChI=1S/C73H135N2O7P/c1-7-10-13-16-19-22-25-28-30-32-34-35-36-37-38-39-41-43-45-48-51-54-57-60-63-66-73(77)82-71(64-61-58-55-52-49-46-27-24-21-18-15-12-9-3)70(69-81-83(78,79)80-68-67-75(4,5)6)74-72(76)65-62-59-56-53-50-47-44-42-40-33-31-29-26-23-20-17-14-11-8-2/h20,23,28-31,40,42,47,50,61,64,70-71H,7-19,21-22,24-27,32-39,41,43-46,48-49,51-60,62-63,65-69H2,1-6H3,(H-,74,76,78,79)/b23-20-,30-28+,31-29-,42-40-,50-47-,64-61-. The van der Waals surface area contributed by atoms with Crippen LogP contribution in [0.5, 0.6) is 0 Å². The van der Waals surface area contributed by atoms with E-state index in [1.165, 1.54) is 212 Å². The number of phosphoric ester groups is 1. The van der Waals surface area contributed by atoms with Crippen LogP contribution in [0.2, 0.25) is 0 Å². The number of allylic oxidation sites excluding steroid dienone is 11. The maximum Gasteiger partial charge on any atom is 0.306 e. The van der Waals surface area contributed by atoms with Crippen molar-refractivity contribution in [3.63, 3.8) is 0 Å². The molecule has 0 spiro atoms. The quantitative estimate of drug-likeness (QED) is 0.0212. The minimum atomic E-state index is -4.71. The topological polar surface area (TPSA) is 114 Å². The molecular weight excluding hydrogens is 1050 g/mol. The lowest BCUT2D eigenvalue weighted by molar-refractivity contribution is -0.870. The highest BCUT2D eigenvalue weighted by molar-refractivity contribution is 7.45. The lowest BCUT2D eigenvalue weighted by atomic mass is 10.0. The van der Waals surface area contributed by atoms with E-state index in [1.807, 2.05) is 33.3 Å². The Morgan fingerprint density at radius 2 is 0.735 bits per heavy atom. The van der Waals surface area contributed by atoms with Crippen LogP contribution in [-0.4, -0.2) is 69.4 Å². The number of nitrogens with one attached hydrogen (secondary N) is 1. The first kappa shape index (κ1) is 80.5. The number of phosphoric acid groups is 1. The van der Waals surface area contributed by atoms with Crippen LogP contribution >= 0.6 is 7.82 Å². The number of amides is 1. The van der Waals surface area contributed by atoms with E-state index in [2.05, 4.69) is 86.8 Å². The molecule has 0 saturated heterocycles. The van der Waals surface area contributed by atoms with Crippen molar-refractivity contribution in [1.82, 2.24) is 5.32 Å². The average molecular weight is 1180 g/mol. The van der Waals surface area contributed by atoms with Crippen molar-refractivity contribution < 1.29 is 37.3 Å². The third-order valence-corrected chi connectivity index (χ3v) is 16.6. The number of esters is 1. The fourth-order valence-electron chi connectivity index (χ4n) is 10.1. The Morgan fingerprint density at radius 1 is 0.422 bits per heavy atom. The Kier molecular flexibility index (Phi) is 60.6. The smallest absolute Gasteiger partial charge is 0.306 e. The second kappa shape index (κ2) is 62.5. The molecule has 1 N–H and O–H groups in total. The predicted octanol–water partition coefficient (Wildman–Crippen LogP) is 21.7. The molecule has 9 nitrogen and oxygen atoms in total. The van der Waals surface area contributed by atoms with E-state index >= 15 is 0 Å². The summed E-state index contributed by atoms with van der Waals surface area (Å²) in [6.45, 7) is 6.82. The van der Waals surface area contributed by atoms with Gasteiger partial charge in [-0.15, -0.1) is 0 Å². The summed E-state index contributed by atoms with van der Waals surface area (Å²) in [4.78, 5) is 40.2. The van der Waals surface area contributed by atoms with Gasteiger partial charge in [0.2, 0.25) is 5.91 Å². The molecular formula is C73H135N2O7P. The molecule has 0 saturated carbocycles. The van der Waals surface area contributed by atoms with Gasteiger partial charge in [0.05, 0.1) is 33.8 Å². The minimum Gasteiger partial charge on any atom is -0.756 e. The fraction of sp³-hybridized carbons (Fsp3) is 0.808. The van der Waals surface area contributed by atoms with E-state index in [0.717, 1.165) is 77.0 Å². The highest BCUT2D eigenvalue weighted by Gasteiger charge is 2.27. The van der Waals surface area contributed by atoms with Gasteiger partial charge in [0.15, 0.2) is 0 Å². The van der Waals surface area contributed by atoms with Crippen molar-refractivity contribution in [1.29, 1.82) is 0 Å². The molecule has 0 aliphatic heterocycles. The summed E-state index contributed by atoms with van der Waals surface area (Å²) in [7, 11) is 1.17. The SMILES string of the molecule is CCCCC/C=C\C/C=C\C/C=C\C/C=C\CCCCCC(=O)NC(COP(=O)([O-])OCC[N+](C)(C)C)C(/C=C\CCCCCCCCCCCCC)OC(=O)CCCCCCCCCCCCCCCCC/C=C/CCCCCCCC. The first-order chi connectivity index (χ1) is 40.4. The first-order valence-electron chi connectivity index (χ1n) is 35.2. The van der Waals surface area contributed by atoms with Crippen molar-refractivity contribution in [3.8, 4) is 0 Å². The summed E-state index contributed by atoms with van der Waals surface area (Å²) < 4.78 is 30.4. The monoisotopic (exact) mass is 1180 g/mol. The van der Waals surface area contributed by atoms with E-state index in [9.17, 15) is 19.0 Å². The van der Waals surface area contributed by atoms with Gasteiger partial charge in [-0.25, -0.2) is 0 Å². The normalized spacial score (nSPS) is 14.0. The number of rotatable bonds is 64. The lowest BCUT2D eigenvalue weighted by Crippen LogP contribution is -2.47. The summed E-state index contributed by atoms with van der Waals surface area (Å²) >= 11 is 0. The van der Waals surface area contributed by atoms with Crippen LogP contribution in [-0.2, 0) is 27.9 Å². The van der Waals surface area contributed by atoms with Crippen LogP contribution in [0.1, 0.15) is 329 Å². The molecule has 3 unspecified atom stereocenters. The molecule has 484 valence electrons. The van der Waals surface area contributed by atoms with Gasteiger partial charge in [-0.1, -0.05) is 287 Å². The summed E-state index contributed by atoms with van der Waals surface area (Å²) in [5.74, 6) is -0.567. The van der Waals surface area contributed by atoms with Gasteiger partial charge in [0, 0.05) is 12.8 Å². The van der Waals surface area contributed by atoms with Crippen molar-refractivity contribution >= 4 is 19.7 Å². The summed E-state index contributed by atoms with van der Waals surface area (Å²) in [6, 6.07) is -0.908. The molecule has 0 aromatic carbocycles. The number of carbonyl (C=O) groups excluding carboxylic acids is 2. The Hall–Kier alpha value is -2.55. The van der Waals surface area contributed by atoms with Crippen LogP contribution in [0.15, 0.2) is 72.9 Å². The van der Waals surface area contributed by atoms with E-state index < -0.39 is 26.6 Å². The number of nitrogens with zero attached hydrogens (tertiary/aromatic N) is 1. The molecule has 0 aliphatic carbocycles. The van der Waals surface area contributed by atoms with Crippen LogP contribution in [0, 0.1) is 0 Å². The third-order valence-electron chi connectivity index (χ3n) is 15.6. The Morgan fingerprint density at radius 3 is 1.14 bits per heavy atom. The second-order valence-electron chi connectivity index (χ2n) is 25.0. The molecule has 0 bridgehead atoms. The van der Waals surface area contributed by atoms with Gasteiger partial charge in [-0.3, -0.25) is 14.2 Å². The number of unbranched alkanes of at least 4 members (excludes halogenated alkanes) is 38. The molecule has 0 aromatic heterocycles. The highest BCUT2D eigenvalue weighted by atomic mass is 31.2. The third kappa shape index (κ3) is 63.8. The summed E-state index contributed by atoms with van der Waals surface area (Å²) in [6.07, 6.45) is 81.7. The lowest BCUT2D eigenvalue weighted by Gasteiger charge is -2.30. The van der Waals surface area contributed by atoms with Crippen molar-refractivity contribution in [3.05, 3.63) is 72.9 Å². The van der Waals surface area contributed by atoms with E-state index in [0.29, 0.717) is 17.4 Å². The zero-order chi connectivity index (χ0) is 60.7. The summed E-state index contributed by atoms with van der Waals surface area (Å²) in [5.41, 5.74) is 0. The van der Waals surface area contributed by atoms with Crippen molar-refractivity contribution in [2.45, 2.75) is 341 Å². The number of hydrogen-bond donors (Lipinski definition) is 1.